The lowest BCUT2D eigenvalue weighted by Crippen LogP contribution is -2.23. The molecule has 0 spiro atoms. The van der Waals surface area contributed by atoms with Gasteiger partial charge in [-0.15, -0.1) is 0 Å². The van der Waals surface area contributed by atoms with Gasteiger partial charge in [-0.1, -0.05) is 46.5 Å². The van der Waals surface area contributed by atoms with Crippen LogP contribution in [-0.4, -0.2) is 16.7 Å². The van der Waals surface area contributed by atoms with Gasteiger partial charge in [0.1, 0.15) is 0 Å². The second-order valence-corrected chi connectivity index (χ2v) is 7.78. The zero-order valence-electron chi connectivity index (χ0n) is 14.7. The smallest absolute Gasteiger partial charge is 0.0910 e. The molecule has 0 aromatic carbocycles. The van der Waals surface area contributed by atoms with Crippen molar-refractivity contribution in [3.8, 4) is 0 Å². The minimum atomic E-state index is 0.0852. The van der Waals surface area contributed by atoms with Gasteiger partial charge in [0, 0.05) is 18.4 Å². The van der Waals surface area contributed by atoms with Crippen LogP contribution in [0.15, 0.2) is 46.9 Å². The number of nitrogens with one attached hydrogen (secondary N) is 2. The number of nitrogens with zero attached hydrogens (tertiary/aromatic N) is 1. The Morgan fingerprint density at radius 3 is 2.52 bits per heavy atom. The molecule has 1 aliphatic carbocycles. The van der Waals surface area contributed by atoms with Crippen molar-refractivity contribution in [3.05, 3.63) is 47.6 Å². The van der Waals surface area contributed by atoms with Crippen LogP contribution in [0.1, 0.15) is 65.0 Å². The van der Waals surface area contributed by atoms with Crippen molar-refractivity contribution in [2.45, 2.75) is 65.3 Å². The largest absolute Gasteiger partial charge is 0.386 e. The SMILES string of the molecule is CC(C)(C)C1=CC(=CNC2CCCCCC2)N=C1c1ccc[nH]1. The maximum atomic E-state index is 4.88. The topological polar surface area (TPSA) is 40.2 Å². The van der Waals surface area contributed by atoms with Crippen LogP contribution in [0.3, 0.4) is 0 Å². The third kappa shape index (κ3) is 3.95. The molecule has 1 fully saturated rings. The minimum Gasteiger partial charge on any atom is -0.386 e. The Balaban J connectivity index is 1.79. The van der Waals surface area contributed by atoms with Gasteiger partial charge in [-0.3, -0.25) is 0 Å². The quantitative estimate of drug-likeness (QED) is 0.762. The van der Waals surface area contributed by atoms with Gasteiger partial charge in [0.15, 0.2) is 0 Å². The molecule has 2 aliphatic rings. The molecular formula is C20H29N3. The third-order valence-electron chi connectivity index (χ3n) is 4.77. The van der Waals surface area contributed by atoms with E-state index in [9.17, 15) is 0 Å². The molecule has 3 rings (SSSR count). The summed E-state index contributed by atoms with van der Waals surface area (Å²) in [5, 5.41) is 3.62. The summed E-state index contributed by atoms with van der Waals surface area (Å²) < 4.78 is 0. The van der Waals surface area contributed by atoms with Crippen molar-refractivity contribution >= 4 is 5.71 Å². The van der Waals surface area contributed by atoms with Gasteiger partial charge in [-0.25, -0.2) is 4.99 Å². The van der Waals surface area contributed by atoms with Gasteiger partial charge in [-0.2, -0.15) is 0 Å². The first kappa shape index (κ1) is 16.1. The minimum absolute atomic E-state index is 0.0852. The summed E-state index contributed by atoms with van der Waals surface area (Å²) in [6.45, 7) is 6.75. The molecule has 0 atom stereocenters. The van der Waals surface area contributed by atoms with E-state index in [1.54, 1.807) is 0 Å². The Bertz CT molecular complexity index is 604. The van der Waals surface area contributed by atoms with Crippen molar-refractivity contribution in [1.82, 2.24) is 10.3 Å². The molecule has 2 heterocycles. The van der Waals surface area contributed by atoms with E-state index in [0.29, 0.717) is 6.04 Å². The molecule has 0 saturated heterocycles. The lowest BCUT2D eigenvalue weighted by Gasteiger charge is -2.21. The van der Waals surface area contributed by atoms with Crippen LogP contribution in [0.5, 0.6) is 0 Å². The van der Waals surface area contributed by atoms with Crippen molar-refractivity contribution in [2.24, 2.45) is 10.4 Å². The molecule has 1 saturated carbocycles. The Morgan fingerprint density at radius 1 is 1.17 bits per heavy atom. The Morgan fingerprint density at radius 2 is 1.91 bits per heavy atom. The summed E-state index contributed by atoms with van der Waals surface area (Å²) in [5.74, 6) is 0. The fourth-order valence-electron chi connectivity index (χ4n) is 3.42. The van der Waals surface area contributed by atoms with E-state index in [1.807, 2.05) is 12.3 Å². The van der Waals surface area contributed by atoms with Gasteiger partial charge < -0.3 is 10.3 Å². The van der Waals surface area contributed by atoms with E-state index in [-0.39, 0.29) is 5.41 Å². The first-order valence-electron chi connectivity index (χ1n) is 8.95. The zero-order valence-corrected chi connectivity index (χ0v) is 14.7. The van der Waals surface area contributed by atoms with Crippen LogP contribution in [0.25, 0.3) is 0 Å². The first-order valence-corrected chi connectivity index (χ1v) is 8.95. The van der Waals surface area contributed by atoms with Crippen LogP contribution < -0.4 is 5.32 Å². The number of aromatic amines is 1. The van der Waals surface area contributed by atoms with E-state index in [4.69, 9.17) is 4.99 Å². The van der Waals surface area contributed by atoms with Crippen molar-refractivity contribution in [1.29, 1.82) is 0 Å². The highest BCUT2D eigenvalue weighted by atomic mass is 14.9. The second-order valence-electron chi connectivity index (χ2n) is 7.78. The number of hydrogen-bond acceptors (Lipinski definition) is 2. The Kier molecular flexibility index (Phi) is 4.74. The standard InChI is InChI=1S/C20H29N3/c1-20(2,3)17-13-16(23-19(17)18-11-8-12-21-18)14-22-15-9-6-4-5-7-10-15/h8,11-15,21-22H,4-7,9-10H2,1-3H3. The van der Waals surface area contributed by atoms with Crippen LogP contribution >= 0.6 is 0 Å². The van der Waals surface area contributed by atoms with Gasteiger partial charge in [0.25, 0.3) is 0 Å². The molecule has 0 bridgehead atoms. The molecule has 0 radical (unpaired) electrons. The number of allylic oxidation sites excluding steroid dienone is 2. The summed E-state index contributed by atoms with van der Waals surface area (Å²) >= 11 is 0. The maximum Gasteiger partial charge on any atom is 0.0910 e. The highest BCUT2D eigenvalue weighted by Gasteiger charge is 2.27. The van der Waals surface area contributed by atoms with Crippen molar-refractivity contribution in [3.63, 3.8) is 0 Å². The normalized spacial score (nSPS) is 22.0. The number of aliphatic imine (C=N–C) groups is 1. The monoisotopic (exact) mass is 311 g/mol. The Hall–Kier alpha value is -1.77. The van der Waals surface area contributed by atoms with E-state index in [0.717, 1.165) is 17.1 Å². The molecule has 3 nitrogen and oxygen atoms in total. The highest BCUT2D eigenvalue weighted by Crippen LogP contribution is 2.34. The molecule has 124 valence electrons. The van der Waals surface area contributed by atoms with Crippen LogP contribution in [-0.2, 0) is 0 Å². The Labute approximate surface area is 140 Å². The first-order chi connectivity index (χ1) is 11.0. The van der Waals surface area contributed by atoms with E-state index >= 15 is 0 Å². The number of H-pyrrole nitrogens is 1. The van der Waals surface area contributed by atoms with E-state index in [1.165, 1.54) is 44.1 Å². The zero-order chi connectivity index (χ0) is 16.3. The molecular weight excluding hydrogens is 282 g/mol. The highest BCUT2D eigenvalue weighted by molar-refractivity contribution is 6.14. The fraction of sp³-hybridized carbons (Fsp3) is 0.550. The van der Waals surface area contributed by atoms with Crippen molar-refractivity contribution < 1.29 is 0 Å². The van der Waals surface area contributed by atoms with E-state index < -0.39 is 0 Å². The number of hydrogen-bond donors (Lipinski definition) is 2. The summed E-state index contributed by atoms with van der Waals surface area (Å²) in [5.41, 5.74) is 4.61. The fourth-order valence-corrected chi connectivity index (χ4v) is 3.42. The van der Waals surface area contributed by atoms with Gasteiger partial charge in [0.05, 0.1) is 17.1 Å². The van der Waals surface area contributed by atoms with Gasteiger partial charge in [0.2, 0.25) is 0 Å². The van der Waals surface area contributed by atoms with Crippen LogP contribution in [0, 0.1) is 5.41 Å². The molecule has 1 aliphatic heterocycles. The molecule has 0 unspecified atom stereocenters. The molecule has 1 aromatic heterocycles. The van der Waals surface area contributed by atoms with Gasteiger partial charge in [-0.05, 0) is 42.0 Å². The summed E-state index contributed by atoms with van der Waals surface area (Å²) in [4.78, 5) is 8.17. The molecule has 3 heteroatoms. The van der Waals surface area contributed by atoms with Crippen LogP contribution in [0.4, 0.5) is 0 Å². The third-order valence-corrected chi connectivity index (χ3v) is 4.77. The molecule has 23 heavy (non-hydrogen) atoms. The molecule has 2 N–H and O–H groups in total. The lowest BCUT2D eigenvalue weighted by molar-refractivity contribution is 0.515. The van der Waals surface area contributed by atoms with E-state index in [2.05, 4.69) is 49.4 Å². The molecule has 1 aromatic rings. The predicted molar refractivity (Wildman–Crippen MR) is 97.6 cm³/mol. The summed E-state index contributed by atoms with van der Waals surface area (Å²) in [7, 11) is 0. The van der Waals surface area contributed by atoms with Crippen LogP contribution in [0.2, 0.25) is 0 Å². The number of rotatable bonds is 3. The van der Waals surface area contributed by atoms with Crippen molar-refractivity contribution in [2.75, 3.05) is 0 Å². The average molecular weight is 311 g/mol. The number of aromatic nitrogens is 1. The lowest BCUT2D eigenvalue weighted by atomic mass is 9.83. The average Bonchev–Trinajstić information content (AvgIpc) is 3.09. The van der Waals surface area contributed by atoms with Gasteiger partial charge >= 0.3 is 0 Å². The predicted octanol–water partition coefficient (Wildman–Crippen LogP) is 4.94. The second kappa shape index (κ2) is 6.77. The summed E-state index contributed by atoms with van der Waals surface area (Å²) in [6.07, 6.45) is 14.4. The molecule has 0 amide bonds. The summed E-state index contributed by atoms with van der Waals surface area (Å²) in [6, 6.07) is 4.74. The maximum absolute atomic E-state index is 4.88.